The van der Waals surface area contributed by atoms with E-state index in [0.717, 1.165) is 5.56 Å². The van der Waals surface area contributed by atoms with Crippen molar-refractivity contribution in [3.8, 4) is 17.6 Å². The molecule has 0 bridgehead atoms. The van der Waals surface area contributed by atoms with E-state index in [1.54, 1.807) is 24.9 Å². The quantitative estimate of drug-likeness (QED) is 0.772. The van der Waals surface area contributed by atoms with Gasteiger partial charge >= 0.3 is 0 Å². The number of carbonyl (C=O) groups excluding carboxylic acids is 2. The molecule has 0 aliphatic carbocycles. The Morgan fingerprint density at radius 1 is 1.24 bits per heavy atom. The molecule has 0 N–H and O–H groups in total. The summed E-state index contributed by atoms with van der Waals surface area (Å²) in [5.41, 5.74) is -0.0668. The average molecular weight is 341 g/mol. The normalized spacial score (nSPS) is 33.4. The number of nitrogens with zero attached hydrogens (tertiary/aromatic N) is 3. The smallest absolute Gasteiger partial charge is 0.246 e. The number of piperazine rings is 1. The molecule has 2 saturated heterocycles. The molecule has 0 aromatic heterocycles. The van der Waals surface area contributed by atoms with Crippen molar-refractivity contribution >= 4 is 11.8 Å². The standard InChI is InChI=1S/C18H19N3O4/c1-10-16(22)21-12(17(23)20(10)3)7-18(2,8-19)15(21)11-4-5-13-14(6-11)25-9-24-13/h4-6,10,12,15H,7,9H2,1-3H3/t10?,12?,15-,18+/m1/s1. The highest BCUT2D eigenvalue weighted by molar-refractivity contribution is 5.97. The fourth-order valence-corrected chi connectivity index (χ4v) is 4.11. The van der Waals surface area contributed by atoms with Gasteiger partial charge in [0.15, 0.2) is 11.5 Å². The second-order valence-corrected chi connectivity index (χ2v) is 7.14. The maximum Gasteiger partial charge on any atom is 0.246 e. The van der Waals surface area contributed by atoms with Crippen molar-refractivity contribution in [2.75, 3.05) is 13.8 Å². The predicted molar refractivity (Wildman–Crippen MR) is 86.5 cm³/mol. The van der Waals surface area contributed by atoms with Gasteiger partial charge in [0.25, 0.3) is 0 Å². The first-order valence-electron chi connectivity index (χ1n) is 8.27. The van der Waals surface area contributed by atoms with Crippen molar-refractivity contribution in [2.45, 2.75) is 38.4 Å². The molecule has 7 nitrogen and oxygen atoms in total. The van der Waals surface area contributed by atoms with Gasteiger partial charge in [0.1, 0.15) is 12.1 Å². The Morgan fingerprint density at radius 3 is 2.68 bits per heavy atom. The molecule has 1 aromatic carbocycles. The monoisotopic (exact) mass is 341 g/mol. The van der Waals surface area contributed by atoms with E-state index < -0.39 is 23.5 Å². The van der Waals surface area contributed by atoms with Crippen molar-refractivity contribution in [3.63, 3.8) is 0 Å². The number of fused-ring (bicyclic) bond motifs is 2. The Morgan fingerprint density at radius 2 is 1.96 bits per heavy atom. The molecule has 2 fully saturated rings. The highest BCUT2D eigenvalue weighted by Crippen LogP contribution is 2.52. The zero-order valence-corrected chi connectivity index (χ0v) is 14.4. The Kier molecular flexibility index (Phi) is 3.23. The van der Waals surface area contributed by atoms with Crippen LogP contribution in [0.15, 0.2) is 18.2 Å². The Bertz CT molecular complexity index is 817. The molecule has 3 aliphatic rings. The van der Waals surface area contributed by atoms with Crippen molar-refractivity contribution in [2.24, 2.45) is 5.41 Å². The lowest BCUT2D eigenvalue weighted by Gasteiger charge is -2.42. The third kappa shape index (κ3) is 2.03. The number of amides is 2. The first-order chi connectivity index (χ1) is 11.9. The van der Waals surface area contributed by atoms with E-state index in [2.05, 4.69) is 6.07 Å². The van der Waals surface area contributed by atoms with Gasteiger partial charge in [0, 0.05) is 7.05 Å². The Labute approximate surface area is 145 Å². The molecule has 0 radical (unpaired) electrons. The molecule has 2 amide bonds. The number of benzene rings is 1. The highest BCUT2D eigenvalue weighted by atomic mass is 16.7. The van der Waals surface area contributed by atoms with E-state index in [0.29, 0.717) is 17.9 Å². The first-order valence-corrected chi connectivity index (χ1v) is 8.27. The maximum atomic E-state index is 13.0. The molecule has 130 valence electrons. The first kappa shape index (κ1) is 15.8. The number of ether oxygens (including phenoxy) is 2. The third-order valence-corrected chi connectivity index (χ3v) is 5.63. The molecular weight excluding hydrogens is 322 g/mol. The number of hydrogen-bond donors (Lipinski definition) is 0. The van der Waals surface area contributed by atoms with Crippen LogP contribution in [0.4, 0.5) is 0 Å². The molecule has 3 heterocycles. The van der Waals surface area contributed by atoms with Crippen LogP contribution in [0.3, 0.4) is 0 Å². The minimum Gasteiger partial charge on any atom is -0.454 e. The van der Waals surface area contributed by atoms with Gasteiger partial charge in [-0.2, -0.15) is 5.26 Å². The van der Waals surface area contributed by atoms with Crippen LogP contribution in [0.1, 0.15) is 31.9 Å². The highest BCUT2D eigenvalue weighted by Gasteiger charge is 2.58. The van der Waals surface area contributed by atoms with E-state index in [-0.39, 0.29) is 18.6 Å². The third-order valence-electron chi connectivity index (χ3n) is 5.63. The molecule has 7 heteroatoms. The summed E-state index contributed by atoms with van der Waals surface area (Å²) >= 11 is 0. The van der Waals surface area contributed by atoms with Gasteiger partial charge in [0.05, 0.1) is 17.5 Å². The van der Waals surface area contributed by atoms with Crippen LogP contribution >= 0.6 is 0 Å². The molecule has 25 heavy (non-hydrogen) atoms. The van der Waals surface area contributed by atoms with E-state index in [1.807, 2.05) is 19.1 Å². The zero-order valence-electron chi connectivity index (χ0n) is 14.4. The molecular formula is C18H19N3O4. The van der Waals surface area contributed by atoms with Crippen LogP contribution in [0.2, 0.25) is 0 Å². The van der Waals surface area contributed by atoms with Crippen LogP contribution in [-0.4, -0.2) is 47.5 Å². The molecule has 4 atom stereocenters. The lowest BCUT2D eigenvalue weighted by molar-refractivity contribution is -0.159. The minimum absolute atomic E-state index is 0.114. The van der Waals surface area contributed by atoms with Crippen LogP contribution in [0, 0.1) is 16.7 Å². The summed E-state index contributed by atoms with van der Waals surface area (Å²) in [7, 11) is 1.64. The summed E-state index contributed by atoms with van der Waals surface area (Å²) in [4.78, 5) is 28.7. The van der Waals surface area contributed by atoms with Crippen molar-refractivity contribution < 1.29 is 19.1 Å². The molecule has 3 aliphatic heterocycles. The van der Waals surface area contributed by atoms with Gasteiger partial charge in [-0.1, -0.05) is 6.07 Å². The number of hydrogen-bond acceptors (Lipinski definition) is 5. The van der Waals surface area contributed by atoms with Crippen molar-refractivity contribution in [3.05, 3.63) is 23.8 Å². The second kappa shape index (κ2) is 5.12. The lowest BCUT2D eigenvalue weighted by Crippen LogP contribution is -2.60. The predicted octanol–water partition coefficient (Wildman–Crippen LogP) is 1.45. The van der Waals surface area contributed by atoms with Crippen LogP contribution in [-0.2, 0) is 9.59 Å². The summed E-state index contributed by atoms with van der Waals surface area (Å²) in [6, 6.07) is 6.15. The summed E-state index contributed by atoms with van der Waals surface area (Å²) < 4.78 is 10.8. The molecule has 0 spiro atoms. The van der Waals surface area contributed by atoms with Crippen molar-refractivity contribution in [1.82, 2.24) is 9.80 Å². The Hall–Kier alpha value is -2.75. The number of rotatable bonds is 1. The van der Waals surface area contributed by atoms with E-state index in [4.69, 9.17) is 9.47 Å². The van der Waals surface area contributed by atoms with Gasteiger partial charge < -0.3 is 19.3 Å². The maximum absolute atomic E-state index is 13.0. The average Bonchev–Trinajstić information content (AvgIpc) is 3.20. The van der Waals surface area contributed by atoms with Crippen LogP contribution in [0.5, 0.6) is 11.5 Å². The Balaban J connectivity index is 1.83. The topological polar surface area (TPSA) is 82.9 Å². The fraction of sp³-hybridized carbons (Fsp3) is 0.500. The summed E-state index contributed by atoms with van der Waals surface area (Å²) in [5, 5.41) is 9.83. The molecule has 0 saturated carbocycles. The minimum atomic E-state index is -0.853. The zero-order chi connectivity index (χ0) is 17.9. The molecule has 2 unspecified atom stereocenters. The van der Waals surface area contributed by atoms with Gasteiger partial charge in [-0.3, -0.25) is 9.59 Å². The molecule has 1 aromatic rings. The van der Waals surface area contributed by atoms with Gasteiger partial charge in [-0.05, 0) is 38.0 Å². The number of likely N-dealkylation sites (N-methyl/N-ethyl adjacent to an activating group) is 1. The summed E-state index contributed by atoms with van der Waals surface area (Å²) in [6.07, 6.45) is 0.324. The van der Waals surface area contributed by atoms with E-state index in [1.165, 1.54) is 4.90 Å². The molecule has 4 rings (SSSR count). The van der Waals surface area contributed by atoms with Gasteiger partial charge in [0.2, 0.25) is 18.6 Å². The van der Waals surface area contributed by atoms with Gasteiger partial charge in [-0.25, -0.2) is 0 Å². The van der Waals surface area contributed by atoms with Crippen LogP contribution < -0.4 is 9.47 Å². The lowest BCUT2D eigenvalue weighted by atomic mass is 9.79. The van der Waals surface area contributed by atoms with E-state index in [9.17, 15) is 14.9 Å². The second-order valence-electron chi connectivity index (χ2n) is 7.14. The number of carbonyl (C=O) groups is 2. The summed E-state index contributed by atoms with van der Waals surface area (Å²) in [5.74, 6) is 0.999. The SMILES string of the molecule is CC1C(=O)N2C(C[C@@](C)(C#N)[C@H]2c2ccc3c(c2)OCO3)C(=O)N1C. The van der Waals surface area contributed by atoms with Crippen LogP contribution in [0.25, 0.3) is 0 Å². The van der Waals surface area contributed by atoms with Crippen molar-refractivity contribution in [1.29, 1.82) is 5.26 Å². The largest absolute Gasteiger partial charge is 0.454 e. The fourth-order valence-electron chi connectivity index (χ4n) is 4.11. The summed E-state index contributed by atoms with van der Waals surface area (Å²) in [6.45, 7) is 3.69. The number of nitriles is 1. The van der Waals surface area contributed by atoms with E-state index >= 15 is 0 Å². The van der Waals surface area contributed by atoms with Gasteiger partial charge in [-0.15, -0.1) is 0 Å².